The molecule has 0 radical (unpaired) electrons. The molecule has 0 saturated heterocycles. The van der Waals surface area contributed by atoms with Gasteiger partial charge in [0.2, 0.25) is 0 Å². The van der Waals surface area contributed by atoms with E-state index in [1.54, 1.807) is 11.3 Å². The maximum Gasteiger partial charge on any atom is 0.0491 e. The molecule has 1 saturated carbocycles. The molecule has 0 spiro atoms. The summed E-state index contributed by atoms with van der Waals surface area (Å²) in [5, 5.41) is 5.13. The minimum atomic E-state index is 0.179. The summed E-state index contributed by atoms with van der Waals surface area (Å²) < 4.78 is 1.00. The van der Waals surface area contributed by atoms with Crippen LogP contribution in [-0.2, 0) is 6.54 Å². The summed E-state index contributed by atoms with van der Waals surface area (Å²) in [5.41, 5.74) is 8.59. The van der Waals surface area contributed by atoms with Crippen molar-refractivity contribution < 1.29 is 0 Å². The first-order valence-electron chi connectivity index (χ1n) is 7.11. The second-order valence-corrected chi connectivity index (χ2v) is 7.56. The van der Waals surface area contributed by atoms with E-state index in [1.165, 1.54) is 18.4 Å². The van der Waals surface area contributed by atoms with Crippen molar-refractivity contribution >= 4 is 38.9 Å². The molecule has 2 N–H and O–H groups in total. The summed E-state index contributed by atoms with van der Waals surface area (Å²) in [6.07, 6.45) is 2.52. The third-order valence-corrected chi connectivity index (χ3v) is 5.46. The molecule has 0 amide bonds. The van der Waals surface area contributed by atoms with Crippen LogP contribution in [0.1, 0.15) is 30.0 Å². The monoisotopic (exact) mass is 384 g/mol. The van der Waals surface area contributed by atoms with Gasteiger partial charge in [0.25, 0.3) is 0 Å². The van der Waals surface area contributed by atoms with Gasteiger partial charge in [0.05, 0.1) is 0 Å². The number of hydrogen-bond acceptors (Lipinski definition) is 3. The van der Waals surface area contributed by atoms with Gasteiger partial charge in [-0.2, -0.15) is 11.3 Å². The van der Waals surface area contributed by atoms with E-state index in [0.29, 0.717) is 12.6 Å². The first-order valence-corrected chi connectivity index (χ1v) is 9.22. The Hall–Kier alpha value is -0.390. The van der Waals surface area contributed by atoms with E-state index in [4.69, 9.17) is 17.3 Å². The number of nitrogens with two attached hydrogens (primary N) is 1. The predicted octanol–water partition coefficient (Wildman–Crippen LogP) is 4.83. The van der Waals surface area contributed by atoms with Gasteiger partial charge in [-0.3, -0.25) is 4.90 Å². The summed E-state index contributed by atoms with van der Waals surface area (Å²) in [6.45, 7) is 1.53. The molecule has 1 aromatic carbocycles. The molecule has 112 valence electrons. The second kappa shape index (κ2) is 6.80. The molecule has 1 aliphatic rings. The molecular weight excluding hydrogens is 368 g/mol. The number of thiophene rings is 1. The Balaban J connectivity index is 1.88. The van der Waals surface area contributed by atoms with Gasteiger partial charge in [-0.25, -0.2) is 0 Å². The lowest BCUT2D eigenvalue weighted by atomic mass is 10.0. The molecule has 21 heavy (non-hydrogen) atoms. The van der Waals surface area contributed by atoms with E-state index >= 15 is 0 Å². The fraction of sp³-hybridized carbons (Fsp3) is 0.375. The molecule has 1 aliphatic carbocycles. The topological polar surface area (TPSA) is 29.3 Å². The molecule has 3 rings (SSSR count). The Kier molecular flexibility index (Phi) is 5.02. The van der Waals surface area contributed by atoms with E-state index < -0.39 is 0 Å². The zero-order chi connectivity index (χ0) is 14.8. The molecule has 5 heteroatoms. The van der Waals surface area contributed by atoms with E-state index in [2.05, 4.69) is 43.7 Å². The molecule has 1 heterocycles. The van der Waals surface area contributed by atoms with E-state index in [1.807, 2.05) is 12.1 Å². The van der Waals surface area contributed by atoms with Gasteiger partial charge in [-0.15, -0.1) is 0 Å². The van der Waals surface area contributed by atoms with Crippen LogP contribution in [0.15, 0.2) is 39.5 Å². The van der Waals surface area contributed by atoms with Gasteiger partial charge >= 0.3 is 0 Å². The summed E-state index contributed by atoms with van der Waals surface area (Å²) in [5.74, 6) is 0. The predicted molar refractivity (Wildman–Crippen MR) is 93.8 cm³/mol. The van der Waals surface area contributed by atoms with Crippen molar-refractivity contribution in [3.8, 4) is 0 Å². The van der Waals surface area contributed by atoms with Crippen LogP contribution in [0.3, 0.4) is 0 Å². The Labute approximate surface area is 143 Å². The van der Waals surface area contributed by atoms with Gasteiger partial charge in [0.15, 0.2) is 0 Å². The molecule has 2 aromatic rings. The number of halogens is 2. The van der Waals surface area contributed by atoms with E-state index in [9.17, 15) is 0 Å². The number of benzene rings is 1. The highest BCUT2D eigenvalue weighted by Gasteiger charge is 2.34. The summed E-state index contributed by atoms with van der Waals surface area (Å²) in [7, 11) is 0. The Morgan fingerprint density at radius 3 is 2.76 bits per heavy atom. The highest BCUT2D eigenvalue weighted by atomic mass is 79.9. The Bertz CT molecular complexity index is 598. The molecule has 0 bridgehead atoms. The van der Waals surface area contributed by atoms with Crippen LogP contribution in [0, 0.1) is 0 Å². The van der Waals surface area contributed by atoms with Gasteiger partial charge in [-0.1, -0.05) is 33.6 Å². The molecule has 1 unspecified atom stereocenters. The van der Waals surface area contributed by atoms with Crippen LogP contribution in [0.5, 0.6) is 0 Å². The number of rotatable bonds is 6. The molecule has 2 nitrogen and oxygen atoms in total. The average Bonchev–Trinajstić information content (AvgIpc) is 3.18. The summed E-state index contributed by atoms with van der Waals surface area (Å²) in [4.78, 5) is 2.51. The minimum Gasteiger partial charge on any atom is -0.329 e. The number of hydrogen-bond donors (Lipinski definition) is 1. The molecule has 0 aliphatic heterocycles. The fourth-order valence-corrected chi connectivity index (χ4v) is 4.17. The first kappa shape index (κ1) is 15.5. The molecule has 1 fully saturated rings. The first-order chi connectivity index (χ1) is 10.2. The van der Waals surface area contributed by atoms with Crippen molar-refractivity contribution in [3.63, 3.8) is 0 Å². The second-order valence-electron chi connectivity index (χ2n) is 5.45. The van der Waals surface area contributed by atoms with Crippen molar-refractivity contribution in [2.24, 2.45) is 5.73 Å². The van der Waals surface area contributed by atoms with E-state index in [0.717, 1.165) is 21.6 Å². The summed E-state index contributed by atoms with van der Waals surface area (Å²) >= 11 is 11.7. The minimum absolute atomic E-state index is 0.179. The van der Waals surface area contributed by atoms with Crippen LogP contribution in [0.25, 0.3) is 0 Å². The Morgan fingerprint density at radius 1 is 1.38 bits per heavy atom. The zero-order valence-corrected chi connectivity index (χ0v) is 14.8. The van der Waals surface area contributed by atoms with Gasteiger partial charge in [0.1, 0.15) is 0 Å². The van der Waals surface area contributed by atoms with Crippen molar-refractivity contribution in [1.82, 2.24) is 4.90 Å². The lowest BCUT2D eigenvalue weighted by molar-refractivity contribution is 0.182. The van der Waals surface area contributed by atoms with Gasteiger partial charge in [0, 0.05) is 34.7 Å². The molecular formula is C16H18BrClN2S. The SMILES string of the molecule is NCC(c1ccc(Br)cc1Cl)N(Cc1ccsc1)C1CC1. The highest BCUT2D eigenvalue weighted by molar-refractivity contribution is 9.10. The van der Waals surface area contributed by atoms with Crippen LogP contribution >= 0.6 is 38.9 Å². The molecule has 1 atom stereocenters. The van der Waals surface area contributed by atoms with E-state index in [-0.39, 0.29) is 6.04 Å². The van der Waals surface area contributed by atoms with Gasteiger partial charge < -0.3 is 5.73 Å². The van der Waals surface area contributed by atoms with Gasteiger partial charge in [-0.05, 0) is 52.9 Å². The van der Waals surface area contributed by atoms with Crippen molar-refractivity contribution in [3.05, 3.63) is 55.6 Å². The van der Waals surface area contributed by atoms with Crippen LogP contribution < -0.4 is 5.73 Å². The standard InChI is InChI=1S/C16H18BrClN2S/c17-12-1-4-14(15(18)7-12)16(8-19)20(13-2-3-13)9-11-5-6-21-10-11/h1,4-7,10,13,16H,2-3,8-9,19H2. The third-order valence-electron chi connectivity index (χ3n) is 3.91. The zero-order valence-electron chi connectivity index (χ0n) is 11.6. The quantitative estimate of drug-likeness (QED) is 0.771. The lowest BCUT2D eigenvalue weighted by Gasteiger charge is -2.32. The highest BCUT2D eigenvalue weighted by Crippen LogP contribution is 2.38. The van der Waals surface area contributed by atoms with Crippen molar-refractivity contribution in [2.45, 2.75) is 31.5 Å². The Morgan fingerprint density at radius 2 is 2.19 bits per heavy atom. The van der Waals surface area contributed by atoms with Crippen LogP contribution in [0.4, 0.5) is 0 Å². The maximum atomic E-state index is 6.44. The smallest absolute Gasteiger partial charge is 0.0491 e. The lowest BCUT2D eigenvalue weighted by Crippen LogP contribution is -2.35. The molecule has 1 aromatic heterocycles. The number of nitrogens with zero attached hydrogens (tertiary/aromatic N) is 1. The summed E-state index contributed by atoms with van der Waals surface area (Å²) in [6, 6.07) is 9.09. The van der Waals surface area contributed by atoms with Crippen molar-refractivity contribution in [1.29, 1.82) is 0 Å². The van der Waals surface area contributed by atoms with Crippen LogP contribution in [0.2, 0.25) is 5.02 Å². The maximum absolute atomic E-state index is 6.44. The fourth-order valence-electron chi connectivity index (χ4n) is 2.71. The average molecular weight is 386 g/mol. The van der Waals surface area contributed by atoms with Crippen LogP contribution in [-0.4, -0.2) is 17.5 Å². The normalized spacial score (nSPS) is 16.4. The third kappa shape index (κ3) is 3.69. The van der Waals surface area contributed by atoms with Crippen molar-refractivity contribution in [2.75, 3.05) is 6.54 Å². The largest absolute Gasteiger partial charge is 0.329 e.